The lowest BCUT2D eigenvalue weighted by Crippen LogP contribution is -2.45. The monoisotopic (exact) mass is 355 g/mol. The Kier molecular flexibility index (Phi) is 4.88. The zero-order valence-electron chi connectivity index (χ0n) is 14.3. The van der Waals surface area contributed by atoms with E-state index in [9.17, 15) is 14.0 Å². The number of hydrogen-bond acceptors (Lipinski definition) is 3. The molecule has 1 atom stereocenters. The molecule has 7 heteroatoms. The lowest BCUT2D eigenvalue weighted by Gasteiger charge is -2.28. The molecule has 26 heavy (non-hydrogen) atoms. The van der Waals surface area contributed by atoms with E-state index in [2.05, 4.69) is 16.0 Å². The number of benzene rings is 2. The molecule has 0 spiro atoms. The summed E-state index contributed by atoms with van der Waals surface area (Å²) < 4.78 is 18.3. The van der Waals surface area contributed by atoms with Crippen LogP contribution >= 0.6 is 0 Å². The molecule has 0 bridgehead atoms. The third-order valence-electron chi connectivity index (χ3n) is 4.04. The Hall–Kier alpha value is -3.35. The predicted molar refractivity (Wildman–Crippen MR) is 95.1 cm³/mol. The van der Waals surface area contributed by atoms with Crippen LogP contribution in [0.3, 0.4) is 0 Å². The minimum Gasteiger partial charge on any atom is -0.497 e. The first kappa shape index (κ1) is 17.5. The molecule has 0 radical (unpaired) electrons. The number of anilines is 1. The van der Waals surface area contributed by atoms with E-state index in [1.165, 1.54) is 24.3 Å². The van der Waals surface area contributed by atoms with Crippen LogP contribution in [0.1, 0.15) is 18.5 Å². The maximum atomic E-state index is 13.0. The first-order valence-corrected chi connectivity index (χ1v) is 7.97. The van der Waals surface area contributed by atoms with Crippen molar-refractivity contribution in [3.8, 4) is 5.75 Å². The van der Waals surface area contributed by atoms with E-state index in [1.807, 2.05) is 0 Å². The number of urea groups is 1. The van der Waals surface area contributed by atoms with E-state index in [0.29, 0.717) is 28.3 Å². The van der Waals surface area contributed by atoms with Crippen LogP contribution in [-0.2, 0) is 4.79 Å². The number of methoxy groups -OCH3 is 1. The number of allylic oxidation sites excluding steroid dienone is 1. The van der Waals surface area contributed by atoms with E-state index in [0.717, 1.165) is 0 Å². The number of carbonyl (C=O) groups is 2. The summed E-state index contributed by atoms with van der Waals surface area (Å²) in [7, 11) is 1.55. The molecular weight excluding hydrogens is 337 g/mol. The molecule has 0 saturated carbocycles. The van der Waals surface area contributed by atoms with Gasteiger partial charge in [0.2, 0.25) is 0 Å². The van der Waals surface area contributed by atoms with Gasteiger partial charge in [-0.3, -0.25) is 4.79 Å². The average molecular weight is 355 g/mol. The Morgan fingerprint density at radius 2 is 1.92 bits per heavy atom. The van der Waals surface area contributed by atoms with Crippen LogP contribution in [0.4, 0.5) is 14.9 Å². The molecule has 0 unspecified atom stereocenters. The minimum absolute atomic E-state index is 0.363. The van der Waals surface area contributed by atoms with Gasteiger partial charge in [0.1, 0.15) is 11.6 Å². The summed E-state index contributed by atoms with van der Waals surface area (Å²) in [6.07, 6.45) is 0. The predicted octanol–water partition coefficient (Wildman–Crippen LogP) is 3.10. The highest BCUT2D eigenvalue weighted by molar-refractivity contribution is 6.06. The van der Waals surface area contributed by atoms with Gasteiger partial charge in [-0.2, -0.15) is 0 Å². The molecule has 134 valence electrons. The van der Waals surface area contributed by atoms with Gasteiger partial charge in [0.05, 0.1) is 18.7 Å². The molecule has 0 fully saturated rings. The molecule has 1 heterocycles. The van der Waals surface area contributed by atoms with Crippen LogP contribution in [0.15, 0.2) is 59.8 Å². The van der Waals surface area contributed by atoms with Crippen molar-refractivity contribution in [3.63, 3.8) is 0 Å². The van der Waals surface area contributed by atoms with Gasteiger partial charge in [0, 0.05) is 11.4 Å². The summed E-state index contributed by atoms with van der Waals surface area (Å²) in [4.78, 5) is 24.7. The van der Waals surface area contributed by atoms with Crippen molar-refractivity contribution in [1.29, 1.82) is 0 Å². The molecule has 3 N–H and O–H groups in total. The van der Waals surface area contributed by atoms with Gasteiger partial charge in [0.15, 0.2) is 0 Å². The zero-order valence-corrected chi connectivity index (χ0v) is 14.3. The molecule has 6 nitrogen and oxygen atoms in total. The van der Waals surface area contributed by atoms with Crippen molar-refractivity contribution in [3.05, 3.63) is 71.2 Å². The van der Waals surface area contributed by atoms with E-state index in [-0.39, 0.29) is 5.82 Å². The molecule has 0 aliphatic carbocycles. The largest absolute Gasteiger partial charge is 0.497 e. The van der Waals surface area contributed by atoms with Crippen LogP contribution < -0.4 is 20.7 Å². The summed E-state index contributed by atoms with van der Waals surface area (Å²) in [5.74, 6) is -0.167. The number of rotatable bonds is 4. The van der Waals surface area contributed by atoms with Crippen molar-refractivity contribution in [2.75, 3.05) is 12.4 Å². The minimum atomic E-state index is -0.640. The second-order valence-electron chi connectivity index (χ2n) is 5.81. The fourth-order valence-corrected chi connectivity index (χ4v) is 2.80. The highest BCUT2D eigenvalue weighted by Crippen LogP contribution is 2.29. The van der Waals surface area contributed by atoms with Crippen molar-refractivity contribution < 1.29 is 18.7 Å². The number of carbonyl (C=O) groups excluding carboxylic acids is 2. The first-order valence-electron chi connectivity index (χ1n) is 7.97. The molecular formula is C19H18FN3O3. The highest BCUT2D eigenvalue weighted by Gasteiger charge is 2.31. The highest BCUT2D eigenvalue weighted by atomic mass is 19.1. The number of nitrogens with one attached hydrogen (secondary N) is 3. The van der Waals surface area contributed by atoms with Gasteiger partial charge >= 0.3 is 6.03 Å². The average Bonchev–Trinajstić information content (AvgIpc) is 2.63. The van der Waals surface area contributed by atoms with E-state index in [4.69, 9.17) is 4.74 Å². The number of ether oxygens (including phenoxy) is 1. The van der Waals surface area contributed by atoms with Gasteiger partial charge in [-0.25, -0.2) is 9.18 Å². The third-order valence-corrected chi connectivity index (χ3v) is 4.04. The number of amides is 3. The Morgan fingerprint density at radius 1 is 1.19 bits per heavy atom. The normalized spacial score (nSPS) is 16.6. The fraction of sp³-hybridized carbons (Fsp3) is 0.158. The van der Waals surface area contributed by atoms with Crippen LogP contribution in [0.2, 0.25) is 0 Å². The summed E-state index contributed by atoms with van der Waals surface area (Å²) >= 11 is 0. The molecule has 1 aliphatic rings. The van der Waals surface area contributed by atoms with Crippen LogP contribution in [0.5, 0.6) is 5.75 Å². The fourth-order valence-electron chi connectivity index (χ4n) is 2.80. The summed E-state index contributed by atoms with van der Waals surface area (Å²) in [6.45, 7) is 1.66. The van der Waals surface area contributed by atoms with E-state index in [1.54, 1.807) is 38.3 Å². The van der Waals surface area contributed by atoms with Crippen molar-refractivity contribution >= 4 is 17.6 Å². The number of hydrogen-bond donors (Lipinski definition) is 3. The quantitative estimate of drug-likeness (QED) is 0.788. The lowest BCUT2D eigenvalue weighted by atomic mass is 9.94. The van der Waals surface area contributed by atoms with Gasteiger partial charge in [-0.1, -0.05) is 12.1 Å². The molecule has 1 aliphatic heterocycles. The van der Waals surface area contributed by atoms with Crippen molar-refractivity contribution in [2.24, 2.45) is 0 Å². The van der Waals surface area contributed by atoms with Crippen LogP contribution in [0.25, 0.3) is 0 Å². The molecule has 2 aromatic carbocycles. The second-order valence-corrected chi connectivity index (χ2v) is 5.81. The van der Waals surface area contributed by atoms with E-state index < -0.39 is 18.0 Å². The Balaban J connectivity index is 1.94. The molecule has 3 rings (SSSR count). The first-order chi connectivity index (χ1) is 12.5. The zero-order chi connectivity index (χ0) is 18.7. The Labute approximate surface area is 150 Å². The smallest absolute Gasteiger partial charge is 0.319 e. The molecule has 0 aromatic heterocycles. The van der Waals surface area contributed by atoms with Crippen LogP contribution in [-0.4, -0.2) is 19.0 Å². The summed E-state index contributed by atoms with van der Waals surface area (Å²) in [5, 5.41) is 8.09. The van der Waals surface area contributed by atoms with Gasteiger partial charge in [-0.15, -0.1) is 0 Å². The SMILES string of the molecule is COc1cccc([C@@H]2NC(=O)NC(C)=C2C(=O)Nc2ccc(F)cc2)c1. The number of halogens is 1. The van der Waals surface area contributed by atoms with Crippen LogP contribution in [0, 0.1) is 5.82 Å². The lowest BCUT2D eigenvalue weighted by molar-refractivity contribution is -0.113. The maximum absolute atomic E-state index is 13.0. The van der Waals surface area contributed by atoms with Gasteiger partial charge < -0.3 is 20.7 Å². The van der Waals surface area contributed by atoms with E-state index >= 15 is 0 Å². The third kappa shape index (κ3) is 3.66. The Bertz CT molecular complexity index is 878. The van der Waals surface area contributed by atoms with Gasteiger partial charge in [-0.05, 0) is 48.9 Å². The van der Waals surface area contributed by atoms with Crippen molar-refractivity contribution in [2.45, 2.75) is 13.0 Å². The summed E-state index contributed by atoms with van der Waals surface area (Å²) in [5.41, 5.74) is 1.98. The second kappa shape index (κ2) is 7.26. The topological polar surface area (TPSA) is 79.5 Å². The summed E-state index contributed by atoms with van der Waals surface area (Å²) in [6, 6.07) is 11.6. The molecule has 2 aromatic rings. The molecule has 3 amide bonds. The maximum Gasteiger partial charge on any atom is 0.319 e. The standard InChI is InChI=1S/C19H18FN3O3/c1-11-16(18(24)22-14-8-6-13(20)7-9-14)17(23-19(25)21-11)12-4-3-5-15(10-12)26-2/h3-10,17H,1-2H3,(H,22,24)(H2,21,23,25)/t17-/m0/s1. The Morgan fingerprint density at radius 3 is 2.62 bits per heavy atom. The van der Waals surface area contributed by atoms with Crippen molar-refractivity contribution in [1.82, 2.24) is 10.6 Å². The molecule has 0 saturated heterocycles. The van der Waals surface area contributed by atoms with Gasteiger partial charge in [0.25, 0.3) is 5.91 Å².